The van der Waals surface area contributed by atoms with E-state index >= 15 is 0 Å². The third-order valence-corrected chi connectivity index (χ3v) is 5.01. The molecule has 138 valence electrons. The second kappa shape index (κ2) is 6.73. The van der Waals surface area contributed by atoms with Gasteiger partial charge in [-0.25, -0.2) is 9.97 Å². The lowest BCUT2D eigenvalue weighted by atomic mass is 10.0. The minimum absolute atomic E-state index is 0.242. The molecule has 6 nitrogen and oxygen atoms in total. The van der Waals surface area contributed by atoms with Gasteiger partial charge in [0.15, 0.2) is 0 Å². The van der Waals surface area contributed by atoms with Gasteiger partial charge < -0.3 is 4.74 Å². The molecule has 0 saturated heterocycles. The van der Waals surface area contributed by atoms with Crippen LogP contribution in [-0.2, 0) is 0 Å². The van der Waals surface area contributed by atoms with Gasteiger partial charge in [-0.05, 0) is 42.7 Å². The van der Waals surface area contributed by atoms with E-state index in [9.17, 15) is 4.79 Å². The lowest BCUT2D eigenvalue weighted by Gasteiger charge is -2.11. The lowest BCUT2D eigenvalue weighted by Crippen LogP contribution is -2.22. The van der Waals surface area contributed by atoms with Gasteiger partial charge in [0.05, 0.1) is 22.7 Å². The highest BCUT2D eigenvalue weighted by molar-refractivity contribution is 6.34. The summed E-state index contributed by atoms with van der Waals surface area (Å²) in [4.78, 5) is 21.0. The van der Waals surface area contributed by atoms with Crippen molar-refractivity contribution in [2.24, 2.45) is 0 Å². The number of rotatable bonds is 4. The largest absolute Gasteiger partial charge is 0.489 e. The molecule has 2 aromatic carbocycles. The predicted octanol–water partition coefficient (Wildman–Crippen LogP) is 4.04. The van der Waals surface area contributed by atoms with Crippen molar-refractivity contribution in [3.05, 3.63) is 76.4 Å². The minimum Gasteiger partial charge on any atom is -0.489 e. The monoisotopic (exact) mass is 390 g/mol. The quantitative estimate of drug-likeness (QED) is 0.526. The van der Waals surface area contributed by atoms with E-state index in [4.69, 9.17) is 16.3 Å². The number of hydrogen-bond donors (Lipinski definition) is 0. The van der Waals surface area contributed by atoms with Gasteiger partial charge in [-0.1, -0.05) is 29.8 Å². The van der Waals surface area contributed by atoms with Crippen LogP contribution >= 0.6 is 11.6 Å². The van der Waals surface area contributed by atoms with E-state index < -0.39 is 0 Å². The van der Waals surface area contributed by atoms with Crippen LogP contribution in [0.2, 0.25) is 5.02 Å². The van der Waals surface area contributed by atoms with Crippen molar-refractivity contribution < 1.29 is 4.74 Å². The van der Waals surface area contributed by atoms with E-state index in [1.807, 2.05) is 30.3 Å². The molecular weight excluding hydrogens is 376 g/mol. The molecule has 0 unspecified atom stereocenters. The Hall–Kier alpha value is -3.25. The standard InChI is InChI=1S/C21H15ClN4O2/c22-19-16(3-1-4-18(19)28-15-6-7-15)13-5-8-17-14(11-13)12-25-26(20(17)27)21-23-9-2-10-24-21/h1-5,8-12,15H,6-7H2. The van der Waals surface area contributed by atoms with Crippen molar-refractivity contribution in [2.75, 3.05) is 0 Å². The normalized spacial score (nSPS) is 13.6. The zero-order valence-corrected chi connectivity index (χ0v) is 15.5. The van der Waals surface area contributed by atoms with Crippen LogP contribution in [0, 0.1) is 0 Å². The first kappa shape index (κ1) is 16.9. The Morgan fingerprint density at radius 3 is 2.68 bits per heavy atom. The van der Waals surface area contributed by atoms with Crippen molar-refractivity contribution in [1.29, 1.82) is 0 Å². The van der Waals surface area contributed by atoms with Gasteiger partial charge in [-0.2, -0.15) is 9.78 Å². The summed E-state index contributed by atoms with van der Waals surface area (Å²) in [5.41, 5.74) is 1.48. The first-order chi connectivity index (χ1) is 13.7. The maximum atomic E-state index is 12.8. The van der Waals surface area contributed by atoms with Crippen molar-refractivity contribution in [1.82, 2.24) is 19.7 Å². The summed E-state index contributed by atoms with van der Waals surface area (Å²) in [7, 11) is 0. The van der Waals surface area contributed by atoms with Gasteiger partial charge >= 0.3 is 0 Å². The summed E-state index contributed by atoms with van der Waals surface area (Å²) in [5, 5.41) is 6.05. The molecule has 0 aliphatic heterocycles. The topological polar surface area (TPSA) is 69.9 Å². The molecule has 0 spiro atoms. The van der Waals surface area contributed by atoms with Crippen LogP contribution in [0.15, 0.2) is 65.8 Å². The first-order valence-electron chi connectivity index (χ1n) is 8.96. The van der Waals surface area contributed by atoms with Crippen LogP contribution in [0.3, 0.4) is 0 Å². The molecule has 7 heteroatoms. The predicted molar refractivity (Wildman–Crippen MR) is 107 cm³/mol. The Bertz CT molecular complexity index is 1240. The molecule has 2 aromatic heterocycles. The fraction of sp³-hybridized carbons (Fsp3) is 0.143. The van der Waals surface area contributed by atoms with Crippen LogP contribution in [0.4, 0.5) is 0 Å². The third-order valence-electron chi connectivity index (χ3n) is 4.62. The van der Waals surface area contributed by atoms with Crippen LogP contribution < -0.4 is 10.3 Å². The summed E-state index contributed by atoms with van der Waals surface area (Å²) < 4.78 is 7.07. The van der Waals surface area contributed by atoms with Crippen molar-refractivity contribution in [3.8, 4) is 22.8 Å². The third kappa shape index (κ3) is 3.01. The summed E-state index contributed by atoms with van der Waals surface area (Å²) in [6.45, 7) is 0. The Kier molecular flexibility index (Phi) is 4.06. The van der Waals surface area contributed by atoms with Crippen LogP contribution in [-0.4, -0.2) is 25.9 Å². The van der Waals surface area contributed by atoms with Crippen LogP contribution in [0.25, 0.3) is 27.8 Å². The van der Waals surface area contributed by atoms with E-state index in [0.717, 1.165) is 29.4 Å². The molecule has 1 aliphatic carbocycles. The molecule has 0 atom stereocenters. The van der Waals surface area contributed by atoms with Gasteiger partial charge in [-0.3, -0.25) is 4.79 Å². The summed E-state index contributed by atoms with van der Waals surface area (Å²) in [6, 6.07) is 13.0. The molecule has 0 N–H and O–H groups in total. The zero-order valence-electron chi connectivity index (χ0n) is 14.7. The summed E-state index contributed by atoms with van der Waals surface area (Å²) >= 11 is 6.58. The summed E-state index contributed by atoms with van der Waals surface area (Å²) in [6.07, 6.45) is 7.19. The highest BCUT2D eigenvalue weighted by Gasteiger charge is 2.25. The molecule has 1 fully saturated rings. The van der Waals surface area contributed by atoms with E-state index in [1.165, 1.54) is 4.68 Å². The van der Waals surface area contributed by atoms with E-state index in [-0.39, 0.29) is 17.6 Å². The molecule has 1 aliphatic rings. The Balaban J connectivity index is 1.59. The molecule has 2 heterocycles. The zero-order chi connectivity index (χ0) is 19.1. The molecule has 28 heavy (non-hydrogen) atoms. The fourth-order valence-electron chi connectivity index (χ4n) is 3.05. The molecular formula is C21H15ClN4O2. The number of halogens is 1. The Labute approximate surface area is 165 Å². The van der Waals surface area contributed by atoms with Gasteiger partial charge in [0.1, 0.15) is 5.75 Å². The van der Waals surface area contributed by atoms with Crippen LogP contribution in [0.5, 0.6) is 5.75 Å². The fourth-order valence-corrected chi connectivity index (χ4v) is 3.33. The van der Waals surface area contributed by atoms with E-state index in [1.54, 1.807) is 30.7 Å². The maximum Gasteiger partial charge on any atom is 0.282 e. The Morgan fingerprint density at radius 1 is 1.07 bits per heavy atom. The SMILES string of the molecule is O=c1c2ccc(-c3cccc(OC4CC4)c3Cl)cc2cnn1-c1ncccn1. The van der Waals surface area contributed by atoms with Crippen molar-refractivity contribution in [3.63, 3.8) is 0 Å². The smallest absolute Gasteiger partial charge is 0.282 e. The number of fused-ring (bicyclic) bond motifs is 1. The number of aromatic nitrogens is 4. The second-order valence-corrected chi connectivity index (χ2v) is 7.03. The van der Waals surface area contributed by atoms with Crippen molar-refractivity contribution >= 4 is 22.4 Å². The van der Waals surface area contributed by atoms with Gasteiger partial charge in [0.2, 0.25) is 0 Å². The van der Waals surface area contributed by atoms with E-state index in [2.05, 4.69) is 15.1 Å². The lowest BCUT2D eigenvalue weighted by molar-refractivity contribution is 0.303. The highest BCUT2D eigenvalue weighted by atomic mass is 35.5. The van der Waals surface area contributed by atoms with Crippen LogP contribution in [0.1, 0.15) is 12.8 Å². The van der Waals surface area contributed by atoms with Gasteiger partial charge in [0.25, 0.3) is 11.5 Å². The number of hydrogen-bond acceptors (Lipinski definition) is 5. The minimum atomic E-state index is -0.271. The molecule has 0 bridgehead atoms. The number of benzene rings is 2. The molecule has 0 radical (unpaired) electrons. The first-order valence-corrected chi connectivity index (χ1v) is 9.33. The molecule has 1 saturated carbocycles. The Morgan fingerprint density at radius 2 is 1.89 bits per heavy atom. The molecule has 4 aromatic rings. The van der Waals surface area contributed by atoms with E-state index in [0.29, 0.717) is 16.2 Å². The van der Waals surface area contributed by atoms with Gasteiger partial charge in [-0.15, -0.1) is 0 Å². The maximum absolute atomic E-state index is 12.8. The molecule has 0 amide bonds. The highest BCUT2D eigenvalue weighted by Crippen LogP contribution is 2.38. The number of nitrogens with zero attached hydrogens (tertiary/aromatic N) is 4. The summed E-state index contributed by atoms with van der Waals surface area (Å²) in [5.74, 6) is 0.933. The van der Waals surface area contributed by atoms with Gasteiger partial charge in [0, 0.05) is 23.3 Å². The average molecular weight is 391 g/mol. The second-order valence-electron chi connectivity index (χ2n) is 6.65. The van der Waals surface area contributed by atoms with Crippen molar-refractivity contribution in [2.45, 2.75) is 18.9 Å². The molecule has 5 rings (SSSR count). The average Bonchev–Trinajstić information content (AvgIpc) is 3.54. The number of ether oxygens (including phenoxy) is 1.